The molecule has 0 spiro atoms. The fraction of sp³-hybridized carbons (Fsp3) is 0.286. The number of primary amides is 1. The smallest absolute Gasteiger partial charge is 0.255 e. The predicted octanol–water partition coefficient (Wildman–Crippen LogP) is 1.62. The predicted molar refractivity (Wildman–Crippen MR) is 107 cm³/mol. The molecule has 2 aromatic carbocycles. The minimum atomic E-state index is -0.603. The molecular formula is C21H23N3O5. The molecule has 0 bridgehead atoms. The summed E-state index contributed by atoms with van der Waals surface area (Å²) in [4.78, 5) is 36.9. The largest absolute Gasteiger partial charge is 0.493 e. The van der Waals surface area contributed by atoms with E-state index in [1.165, 1.54) is 13.2 Å². The summed E-state index contributed by atoms with van der Waals surface area (Å²) in [5, 5.41) is 2.84. The van der Waals surface area contributed by atoms with Gasteiger partial charge in [0.15, 0.2) is 18.1 Å². The summed E-state index contributed by atoms with van der Waals surface area (Å²) in [6.45, 7) is 0.812. The van der Waals surface area contributed by atoms with Gasteiger partial charge in [-0.1, -0.05) is 12.1 Å². The van der Waals surface area contributed by atoms with Crippen molar-refractivity contribution in [3.8, 4) is 11.5 Å². The van der Waals surface area contributed by atoms with Crippen LogP contribution in [0, 0.1) is 0 Å². The van der Waals surface area contributed by atoms with Gasteiger partial charge < -0.3 is 25.4 Å². The van der Waals surface area contributed by atoms with Gasteiger partial charge in [0.05, 0.1) is 7.11 Å². The fourth-order valence-electron chi connectivity index (χ4n) is 3.08. The minimum Gasteiger partial charge on any atom is -0.493 e. The van der Waals surface area contributed by atoms with E-state index in [1.807, 2.05) is 24.3 Å². The Morgan fingerprint density at radius 1 is 1.14 bits per heavy atom. The number of hydrogen-bond acceptors (Lipinski definition) is 5. The second-order valence-corrected chi connectivity index (χ2v) is 6.62. The van der Waals surface area contributed by atoms with Gasteiger partial charge in [0.1, 0.15) is 0 Å². The van der Waals surface area contributed by atoms with Gasteiger partial charge >= 0.3 is 0 Å². The normalized spacial score (nSPS) is 13.3. The molecule has 0 atom stereocenters. The van der Waals surface area contributed by atoms with Crippen molar-refractivity contribution in [3.63, 3.8) is 0 Å². The standard InChI is InChI=1S/C21H23N3O5/c1-28-18-11-15(6-9-17(18)29-13-19(22)25)21(27)23-12-14-4-7-16(8-5-14)24-10-2-3-20(24)26/h4-9,11H,2-3,10,12-13H2,1H3,(H2,22,25)(H,23,27). The monoisotopic (exact) mass is 397 g/mol. The van der Waals surface area contributed by atoms with Gasteiger partial charge in [0.25, 0.3) is 11.8 Å². The molecule has 0 radical (unpaired) electrons. The van der Waals surface area contributed by atoms with E-state index in [9.17, 15) is 14.4 Å². The van der Waals surface area contributed by atoms with Gasteiger partial charge in [-0.15, -0.1) is 0 Å². The lowest BCUT2D eigenvalue weighted by Gasteiger charge is -2.16. The van der Waals surface area contributed by atoms with E-state index in [1.54, 1.807) is 17.0 Å². The molecule has 0 saturated carbocycles. The third-order valence-corrected chi connectivity index (χ3v) is 4.57. The van der Waals surface area contributed by atoms with Crippen LogP contribution in [0.2, 0.25) is 0 Å². The first-order valence-corrected chi connectivity index (χ1v) is 9.24. The number of methoxy groups -OCH3 is 1. The number of rotatable bonds is 8. The molecule has 152 valence electrons. The molecule has 29 heavy (non-hydrogen) atoms. The van der Waals surface area contributed by atoms with Crippen LogP contribution < -0.4 is 25.4 Å². The Morgan fingerprint density at radius 3 is 2.52 bits per heavy atom. The Bertz CT molecular complexity index is 911. The third-order valence-electron chi connectivity index (χ3n) is 4.57. The quantitative estimate of drug-likeness (QED) is 0.703. The first-order chi connectivity index (χ1) is 14.0. The third kappa shape index (κ3) is 5.04. The summed E-state index contributed by atoms with van der Waals surface area (Å²) >= 11 is 0. The van der Waals surface area contributed by atoms with Crippen molar-refractivity contribution in [2.24, 2.45) is 5.73 Å². The van der Waals surface area contributed by atoms with Gasteiger partial charge in [0.2, 0.25) is 5.91 Å². The summed E-state index contributed by atoms with van der Waals surface area (Å²) in [5.41, 5.74) is 7.26. The summed E-state index contributed by atoms with van der Waals surface area (Å²) in [5.74, 6) is -0.0748. The van der Waals surface area contributed by atoms with E-state index in [4.69, 9.17) is 15.2 Å². The van der Waals surface area contributed by atoms with E-state index in [0.717, 1.165) is 24.2 Å². The molecule has 0 unspecified atom stereocenters. The van der Waals surface area contributed by atoms with Crippen LogP contribution in [0.1, 0.15) is 28.8 Å². The van der Waals surface area contributed by atoms with Crippen LogP contribution in [0.4, 0.5) is 5.69 Å². The number of nitrogens with zero attached hydrogens (tertiary/aromatic N) is 1. The molecule has 3 rings (SSSR count). The summed E-state index contributed by atoms with van der Waals surface area (Å²) < 4.78 is 10.5. The molecule has 8 heteroatoms. The molecule has 1 aliphatic heterocycles. The van der Waals surface area contributed by atoms with E-state index < -0.39 is 5.91 Å². The van der Waals surface area contributed by atoms with Crippen molar-refractivity contribution in [3.05, 3.63) is 53.6 Å². The summed E-state index contributed by atoms with van der Waals surface area (Å²) in [6, 6.07) is 12.2. The lowest BCUT2D eigenvalue weighted by atomic mass is 10.1. The molecule has 1 saturated heterocycles. The Morgan fingerprint density at radius 2 is 1.90 bits per heavy atom. The number of benzene rings is 2. The van der Waals surface area contributed by atoms with Gasteiger partial charge in [-0.25, -0.2) is 0 Å². The van der Waals surface area contributed by atoms with E-state index >= 15 is 0 Å². The molecule has 3 amide bonds. The maximum atomic E-state index is 12.4. The number of carbonyl (C=O) groups is 3. The van der Waals surface area contributed by atoms with Crippen LogP contribution in [0.25, 0.3) is 0 Å². The van der Waals surface area contributed by atoms with Crippen LogP contribution in [-0.2, 0) is 16.1 Å². The molecule has 1 aliphatic rings. The first-order valence-electron chi connectivity index (χ1n) is 9.24. The second-order valence-electron chi connectivity index (χ2n) is 6.62. The van der Waals surface area contributed by atoms with Crippen molar-refractivity contribution in [1.29, 1.82) is 0 Å². The lowest BCUT2D eigenvalue weighted by molar-refractivity contribution is -0.120. The number of carbonyl (C=O) groups excluding carboxylic acids is 3. The second kappa shape index (κ2) is 9.09. The highest BCUT2D eigenvalue weighted by atomic mass is 16.5. The number of amides is 3. The van der Waals surface area contributed by atoms with Gasteiger partial charge in [0, 0.05) is 30.8 Å². The number of hydrogen-bond donors (Lipinski definition) is 2. The highest BCUT2D eigenvalue weighted by Gasteiger charge is 2.21. The number of nitrogens with one attached hydrogen (secondary N) is 1. The van der Waals surface area contributed by atoms with Crippen LogP contribution >= 0.6 is 0 Å². The zero-order valence-electron chi connectivity index (χ0n) is 16.1. The first kappa shape index (κ1) is 20.2. The molecule has 3 N–H and O–H groups in total. The molecule has 1 heterocycles. The molecule has 1 fully saturated rings. The van der Waals surface area contributed by atoms with Crippen molar-refractivity contribution in [2.75, 3.05) is 25.2 Å². The van der Waals surface area contributed by atoms with E-state index in [0.29, 0.717) is 30.0 Å². The van der Waals surface area contributed by atoms with Crippen molar-refractivity contribution < 1.29 is 23.9 Å². The summed E-state index contributed by atoms with van der Waals surface area (Å²) in [6.07, 6.45) is 1.47. The Kier molecular flexibility index (Phi) is 6.33. The SMILES string of the molecule is COc1cc(C(=O)NCc2ccc(N3CCCC3=O)cc2)ccc1OCC(N)=O. The summed E-state index contributed by atoms with van der Waals surface area (Å²) in [7, 11) is 1.45. The van der Waals surface area contributed by atoms with Crippen LogP contribution in [-0.4, -0.2) is 38.0 Å². The number of anilines is 1. The van der Waals surface area contributed by atoms with Crippen molar-refractivity contribution >= 4 is 23.4 Å². The lowest BCUT2D eigenvalue weighted by Crippen LogP contribution is -2.24. The highest BCUT2D eigenvalue weighted by molar-refractivity contribution is 5.95. The number of ether oxygens (including phenoxy) is 2. The molecular weight excluding hydrogens is 374 g/mol. The van der Waals surface area contributed by atoms with Gasteiger partial charge in [-0.3, -0.25) is 14.4 Å². The zero-order chi connectivity index (χ0) is 20.8. The van der Waals surface area contributed by atoms with Crippen molar-refractivity contribution in [1.82, 2.24) is 5.32 Å². The fourth-order valence-corrected chi connectivity index (χ4v) is 3.08. The molecule has 2 aromatic rings. The maximum Gasteiger partial charge on any atom is 0.255 e. The Labute approximate surface area is 168 Å². The Hall–Kier alpha value is -3.55. The van der Waals surface area contributed by atoms with Gasteiger partial charge in [-0.2, -0.15) is 0 Å². The Balaban J connectivity index is 1.60. The van der Waals surface area contributed by atoms with Gasteiger partial charge in [-0.05, 0) is 42.3 Å². The highest BCUT2D eigenvalue weighted by Crippen LogP contribution is 2.28. The van der Waals surface area contributed by atoms with Crippen LogP contribution in [0.3, 0.4) is 0 Å². The zero-order valence-corrected chi connectivity index (χ0v) is 16.1. The minimum absolute atomic E-state index is 0.142. The average Bonchev–Trinajstić information content (AvgIpc) is 3.16. The van der Waals surface area contributed by atoms with Crippen LogP contribution in [0.5, 0.6) is 11.5 Å². The molecule has 8 nitrogen and oxygen atoms in total. The van der Waals surface area contributed by atoms with Crippen molar-refractivity contribution in [2.45, 2.75) is 19.4 Å². The maximum absolute atomic E-state index is 12.4. The van der Waals surface area contributed by atoms with E-state index in [-0.39, 0.29) is 18.4 Å². The molecule has 0 aliphatic carbocycles. The van der Waals surface area contributed by atoms with Crippen LogP contribution in [0.15, 0.2) is 42.5 Å². The molecule has 0 aromatic heterocycles. The average molecular weight is 397 g/mol. The topological polar surface area (TPSA) is 111 Å². The van der Waals surface area contributed by atoms with E-state index in [2.05, 4.69) is 5.32 Å². The number of nitrogens with two attached hydrogens (primary N) is 1.